The fourth-order valence-electron chi connectivity index (χ4n) is 4.56. The zero-order valence-electron chi connectivity index (χ0n) is 26.8. The van der Waals surface area contributed by atoms with Crippen molar-refractivity contribution < 1.29 is 29.3 Å². The topological polar surface area (TPSA) is 118 Å². The molecule has 0 saturated heterocycles. The van der Waals surface area contributed by atoms with Gasteiger partial charge in [-0.05, 0) is 62.1 Å². The molecule has 2 rings (SSSR count). The molecule has 2 aromatic rings. The minimum Gasteiger partial charge on any atom is -0.507 e. The fraction of sp³-hybridized carbons (Fsp3) is 0.556. The lowest BCUT2D eigenvalue weighted by Crippen LogP contribution is -2.07. The van der Waals surface area contributed by atoms with Crippen molar-refractivity contribution in [1.29, 1.82) is 0 Å². The summed E-state index contributed by atoms with van der Waals surface area (Å²) in [5, 5.41) is 20.3. The third-order valence-corrected chi connectivity index (χ3v) is 7.27. The summed E-state index contributed by atoms with van der Waals surface area (Å²) in [6, 6.07) is 9.27. The van der Waals surface area contributed by atoms with Crippen LogP contribution in [0.15, 0.2) is 46.4 Å². The molecule has 0 unspecified atom stereocenters. The van der Waals surface area contributed by atoms with Gasteiger partial charge in [-0.2, -0.15) is 0 Å². The zero-order valence-corrected chi connectivity index (χ0v) is 26.8. The van der Waals surface area contributed by atoms with Gasteiger partial charge in [0, 0.05) is 36.6 Å². The smallest absolute Gasteiger partial charge is 0.338 e. The minimum atomic E-state index is -0.396. The zero-order chi connectivity index (χ0) is 31.8. The van der Waals surface area contributed by atoms with Gasteiger partial charge in [0.15, 0.2) is 0 Å². The first-order valence-corrected chi connectivity index (χ1v) is 16.5. The first-order chi connectivity index (χ1) is 21.5. The van der Waals surface area contributed by atoms with Crippen LogP contribution in [0.5, 0.6) is 11.5 Å². The maximum atomic E-state index is 12.4. The highest BCUT2D eigenvalue weighted by Gasteiger charge is 2.11. The molecular formula is C36H52N2O6. The van der Waals surface area contributed by atoms with E-state index in [2.05, 4.69) is 23.8 Å². The molecule has 0 atom stereocenters. The summed E-state index contributed by atoms with van der Waals surface area (Å²) < 4.78 is 10.8. The number of nitrogens with zero attached hydrogens (tertiary/aromatic N) is 2. The highest BCUT2D eigenvalue weighted by atomic mass is 16.5. The van der Waals surface area contributed by atoms with Crippen molar-refractivity contribution in [1.82, 2.24) is 0 Å². The van der Waals surface area contributed by atoms with E-state index >= 15 is 0 Å². The van der Waals surface area contributed by atoms with E-state index in [-0.39, 0.29) is 11.5 Å². The summed E-state index contributed by atoms with van der Waals surface area (Å²) >= 11 is 0. The molecule has 0 heterocycles. The molecule has 0 saturated carbocycles. The normalized spacial score (nSPS) is 11.4. The third kappa shape index (κ3) is 15.2. The van der Waals surface area contributed by atoms with Gasteiger partial charge in [-0.25, -0.2) is 9.59 Å². The van der Waals surface area contributed by atoms with Crippen LogP contribution in [0.1, 0.15) is 136 Å². The van der Waals surface area contributed by atoms with Crippen molar-refractivity contribution >= 4 is 24.4 Å². The Morgan fingerprint density at radius 2 is 0.977 bits per heavy atom. The molecule has 8 heteroatoms. The minimum absolute atomic E-state index is 0.0548. The molecule has 0 bridgehead atoms. The average Bonchev–Trinajstić information content (AvgIpc) is 3.02. The van der Waals surface area contributed by atoms with Crippen molar-refractivity contribution in [3.05, 3.63) is 58.7 Å². The number of carbonyl (C=O) groups excluding carboxylic acids is 2. The number of rotatable bonds is 23. The lowest BCUT2D eigenvalue weighted by Gasteiger charge is -2.07. The van der Waals surface area contributed by atoms with Gasteiger partial charge in [-0.15, -0.1) is 0 Å². The van der Waals surface area contributed by atoms with Crippen LogP contribution in [0, 0.1) is 0 Å². The van der Waals surface area contributed by atoms with E-state index in [1.807, 2.05) is 0 Å². The number of ether oxygens (including phenoxy) is 2. The SMILES string of the molecule is CCCCCCCCOC(=O)c1ccc(O)c(C=NCCCCN=Cc2cc(C(=O)OCCCCCCCC)ccc2O)c1. The van der Waals surface area contributed by atoms with Crippen LogP contribution in [0.25, 0.3) is 0 Å². The van der Waals surface area contributed by atoms with Crippen LogP contribution in [0.4, 0.5) is 0 Å². The number of carbonyl (C=O) groups is 2. The molecule has 0 radical (unpaired) electrons. The van der Waals surface area contributed by atoms with Gasteiger partial charge in [0.25, 0.3) is 0 Å². The second kappa shape index (κ2) is 22.8. The second-order valence-corrected chi connectivity index (χ2v) is 11.1. The van der Waals surface area contributed by atoms with Crippen LogP contribution in [-0.2, 0) is 9.47 Å². The van der Waals surface area contributed by atoms with Crippen LogP contribution < -0.4 is 0 Å². The molecule has 2 N–H and O–H groups in total. The monoisotopic (exact) mass is 608 g/mol. The molecule has 0 aromatic heterocycles. The molecule has 0 amide bonds. The van der Waals surface area contributed by atoms with Crippen LogP contribution in [0.3, 0.4) is 0 Å². The van der Waals surface area contributed by atoms with Gasteiger partial charge in [-0.3, -0.25) is 9.98 Å². The van der Waals surface area contributed by atoms with E-state index in [0.29, 0.717) is 48.6 Å². The summed E-state index contributed by atoms with van der Waals surface area (Å²) in [6.45, 7) is 6.23. The quantitative estimate of drug-likeness (QED) is 0.0742. The lowest BCUT2D eigenvalue weighted by molar-refractivity contribution is 0.0488. The predicted molar refractivity (Wildman–Crippen MR) is 178 cm³/mol. The molecule has 0 aliphatic carbocycles. The molecule has 44 heavy (non-hydrogen) atoms. The number of phenolic OH excluding ortho intramolecular Hbond substituents is 2. The Bertz CT molecular complexity index is 1090. The van der Waals surface area contributed by atoms with E-state index in [9.17, 15) is 19.8 Å². The third-order valence-electron chi connectivity index (χ3n) is 7.27. The Kier molecular flexibility index (Phi) is 18.9. The number of benzene rings is 2. The highest BCUT2D eigenvalue weighted by molar-refractivity contribution is 5.94. The Hall–Kier alpha value is -3.68. The highest BCUT2D eigenvalue weighted by Crippen LogP contribution is 2.19. The summed E-state index contributed by atoms with van der Waals surface area (Å²) in [5.41, 5.74) is 1.72. The molecule has 0 fully saturated rings. The number of hydrogen-bond acceptors (Lipinski definition) is 8. The Labute approximate surface area is 263 Å². The van der Waals surface area contributed by atoms with E-state index in [1.54, 1.807) is 36.7 Å². The molecule has 0 aliphatic heterocycles. The average molecular weight is 609 g/mol. The Morgan fingerprint density at radius 3 is 1.39 bits per heavy atom. The van der Waals surface area contributed by atoms with Crippen LogP contribution >= 0.6 is 0 Å². The number of aromatic hydroxyl groups is 2. The van der Waals surface area contributed by atoms with Gasteiger partial charge in [0.05, 0.1) is 24.3 Å². The van der Waals surface area contributed by atoms with Crippen molar-refractivity contribution in [2.24, 2.45) is 9.98 Å². The molecule has 8 nitrogen and oxygen atoms in total. The molecule has 0 aliphatic rings. The lowest BCUT2D eigenvalue weighted by atomic mass is 10.1. The summed E-state index contributed by atoms with van der Waals surface area (Å²) in [6.07, 6.45) is 18.1. The van der Waals surface area contributed by atoms with Crippen LogP contribution in [-0.4, -0.2) is 60.9 Å². The molecule has 0 spiro atoms. The number of esters is 2. The Balaban J connectivity index is 1.70. The van der Waals surface area contributed by atoms with E-state index in [0.717, 1.165) is 51.4 Å². The first kappa shape index (κ1) is 36.5. The summed E-state index contributed by atoms with van der Waals surface area (Å²) in [5.74, 6) is -0.682. The largest absolute Gasteiger partial charge is 0.507 e. The van der Waals surface area contributed by atoms with E-state index in [1.165, 1.54) is 50.7 Å². The standard InChI is InChI=1S/C36H52N2O6/c1-3-5-7-9-11-15-23-43-35(41)29-17-19-33(39)31(25-29)27-37-21-13-14-22-38-28-32-26-30(18-20-34(32)40)36(42)44-24-16-12-10-8-6-4-2/h17-20,25-28,39-40H,3-16,21-24H2,1-2H3. The number of unbranched alkanes of at least 4 members (excludes halogenated alkanes) is 11. The van der Waals surface area contributed by atoms with Gasteiger partial charge in [0.1, 0.15) is 11.5 Å². The fourth-order valence-corrected chi connectivity index (χ4v) is 4.56. The van der Waals surface area contributed by atoms with Gasteiger partial charge in [-0.1, -0.05) is 78.1 Å². The summed E-state index contributed by atoms with van der Waals surface area (Å²) in [7, 11) is 0. The number of hydrogen-bond donors (Lipinski definition) is 2. The maximum Gasteiger partial charge on any atom is 0.338 e. The van der Waals surface area contributed by atoms with Crippen molar-refractivity contribution in [2.45, 2.75) is 104 Å². The van der Waals surface area contributed by atoms with Crippen LogP contribution in [0.2, 0.25) is 0 Å². The van der Waals surface area contributed by atoms with E-state index in [4.69, 9.17) is 9.47 Å². The van der Waals surface area contributed by atoms with Gasteiger partial charge < -0.3 is 19.7 Å². The molecule has 242 valence electrons. The summed E-state index contributed by atoms with van der Waals surface area (Å²) in [4.78, 5) is 33.5. The second-order valence-electron chi connectivity index (χ2n) is 11.1. The van der Waals surface area contributed by atoms with Crippen molar-refractivity contribution in [2.75, 3.05) is 26.3 Å². The van der Waals surface area contributed by atoms with Gasteiger partial charge >= 0.3 is 11.9 Å². The Morgan fingerprint density at radius 1 is 0.591 bits per heavy atom. The maximum absolute atomic E-state index is 12.4. The number of phenols is 2. The van der Waals surface area contributed by atoms with Crippen molar-refractivity contribution in [3.63, 3.8) is 0 Å². The number of aliphatic imine (C=N–C) groups is 2. The first-order valence-electron chi connectivity index (χ1n) is 16.5. The van der Waals surface area contributed by atoms with E-state index < -0.39 is 11.9 Å². The molecule has 2 aromatic carbocycles. The molecular weight excluding hydrogens is 556 g/mol. The predicted octanol–water partition coefficient (Wildman–Crippen LogP) is 8.45. The van der Waals surface area contributed by atoms with Crippen molar-refractivity contribution in [3.8, 4) is 11.5 Å². The van der Waals surface area contributed by atoms with Gasteiger partial charge in [0.2, 0.25) is 0 Å².